The summed E-state index contributed by atoms with van der Waals surface area (Å²) in [7, 11) is 6.54. The van der Waals surface area contributed by atoms with Gasteiger partial charge in [-0.15, -0.1) is 6.58 Å². The maximum absolute atomic E-state index is 12.4. The highest BCUT2D eigenvalue weighted by Crippen LogP contribution is 2.69. The van der Waals surface area contributed by atoms with Crippen molar-refractivity contribution < 1.29 is 24.1 Å². The quantitative estimate of drug-likeness (QED) is 0.304. The number of pyridine rings is 1. The van der Waals surface area contributed by atoms with Crippen molar-refractivity contribution in [1.82, 2.24) is 9.88 Å². The first kappa shape index (κ1) is 28.2. The fourth-order valence-corrected chi connectivity index (χ4v) is 7.51. The van der Waals surface area contributed by atoms with Gasteiger partial charge in [-0.1, -0.05) is 19.4 Å². The average Bonchev–Trinajstić information content (AvgIpc) is 3.63. The van der Waals surface area contributed by atoms with Crippen LogP contribution in [0.15, 0.2) is 55.3 Å². The minimum absolute atomic E-state index is 0.00897. The molecule has 1 aromatic heterocycles. The minimum Gasteiger partial charge on any atom is -0.497 e. The second-order valence-electron chi connectivity index (χ2n) is 11.4. The summed E-state index contributed by atoms with van der Waals surface area (Å²) in [5, 5.41) is 13.3. The molecule has 7 nitrogen and oxygen atoms in total. The number of ether oxygens (including phenoxy) is 4. The Morgan fingerprint density at radius 1 is 1.07 bits per heavy atom. The van der Waals surface area contributed by atoms with Crippen LogP contribution in [0.2, 0.25) is 0 Å². The van der Waals surface area contributed by atoms with Gasteiger partial charge in [0.05, 0.1) is 40.1 Å². The molecule has 2 aromatic carbocycles. The second-order valence-corrected chi connectivity index (χ2v) is 11.4. The third-order valence-electron chi connectivity index (χ3n) is 9.64. The van der Waals surface area contributed by atoms with Crippen LogP contribution in [0.1, 0.15) is 50.3 Å². The Morgan fingerprint density at radius 3 is 2.40 bits per heavy atom. The predicted molar refractivity (Wildman–Crippen MR) is 157 cm³/mol. The lowest BCUT2D eigenvalue weighted by molar-refractivity contribution is -0.0382. The van der Waals surface area contributed by atoms with Crippen LogP contribution in [0.3, 0.4) is 0 Å². The Bertz CT molecular complexity index is 1370. The summed E-state index contributed by atoms with van der Waals surface area (Å²) in [6.45, 7) is 10.3. The molecule has 7 heteroatoms. The van der Waals surface area contributed by atoms with Crippen molar-refractivity contribution in [2.24, 2.45) is 17.3 Å². The summed E-state index contributed by atoms with van der Waals surface area (Å²) in [6.07, 6.45) is 6.17. The summed E-state index contributed by atoms with van der Waals surface area (Å²) in [5.41, 5.74) is 2.14. The lowest BCUT2D eigenvalue weighted by Gasteiger charge is -2.46. The molecule has 1 saturated carbocycles. The van der Waals surface area contributed by atoms with Crippen LogP contribution in [0.4, 0.5) is 0 Å². The van der Waals surface area contributed by atoms with Crippen LogP contribution < -0.4 is 18.9 Å². The zero-order valence-corrected chi connectivity index (χ0v) is 24.6. The maximum atomic E-state index is 12.4. The number of methoxy groups -OCH3 is 4. The van der Waals surface area contributed by atoms with Crippen LogP contribution in [-0.4, -0.2) is 55.5 Å². The topological polar surface area (TPSA) is 73.3 Å². The molecule has 1 N–H and O–H groups in total. The van der Waals surface area contributed by atoms with Crippen LogP contribution in [0.5, 0.6) is 23.0 Å². The highest BCUT2D eigenvalue weighted by Gasteiger charge is 2.65. The third-order valence-corrected chi connectivity index (χ3v) is 9.64. The molecule has 2 heterocycles. The van der Waals surface area contributed by atoms with Gasteiger partial charge in [-0.2, -0.15) is 0 Å². The molecule has 5 atom stereocenters. The summed E-state index contributed by atoms with van der Waals surface area (Å²) in [4.78, 5) is 7.01. The molecule has 0 radical (unpaired) electrons. The van der Waals surface area contributed by atoms with E-state index in [1.165, 1.54) is 0 Å². The number of likely N-dealkylation sites (tertiary alicyclic amines) is 1. The normalized spacial score (nSPS) is 26.9. The van der Waals surface area contributed by atoms with E-state index in [4.69, 9.17) is 18.9 Å². The summed E-state index contributed by atoms with van der Waals surface area (Å²) >= 11 is 0. The number of aliphatic hydroxyl groups is 1. The van der Waals surface area contributed by atoms with Gasteiger partial charge in [0.2, 0.25) is 5.75 Å². The number of aliphatic hydroxyl groups excluding tert-OH is 1. The smallest absolute Gasteiger partial charge is 0.203 e. The van der Waals surface area contributed by atoms with Gasteiger partial charge in [-0.05, 0) is 91.1 Å². The van der Waals surface area contributed by atoms with Crippen LogP contribution in [0.25, 0.3) is 10.9 Å². The summed E-state index contributed by atoms with van der Waals surface area (Å²) in [5.74, 6) is 3.72. The molecule has 0 bridgehead atoms. The summed E-state index contributed by atoms with van der Waals surface area (Å²) in [6, 6.07) is 11.8. The molecule has 0 amide bonds. The number of allylic oxidation sites excluding steroid dienone is 1. The van der Waals surface area contributed by atoms with Gasteiger partial charge in [-0.25, -0.2) is 0 Å². The SMILES string of the molecule is C=CC12C[C@@](C)([C@H](O)c3ccnc4ccc(OC)cc34)N(Cc3cc(OC)c(OC)c(OC)c3)CCC1C2CC. The van der Waals surface area contributed by atoms with E-state index in [0.717, 1.165) is 53.6 Å². The standard InChI is InChI=1S/C33H42N2O5/c1-8-25-26-13-15-35(19-21-16-28(38-5)30(40-7)29(17-21)39-6)32(3,20-33(25,26)9-2)31(36)23-12-14-34-27-11-10-22(37-4)18-24(23)27/h9-12,14,16-18,25-26,31,36H,2,8,13,15,19-20H2,1,3-7H3/t25?,26?,31-,32+,33?/m1/s1. The van der Waals surface area contributed by atoms with Gasteiger partial charge in [0.15, 0.2) is 11.5 Å². The van der Waals surface area contributed by atoms with Crippen molar-refractivity contribution >= 4 is 10.9 Å². The Balaban J connectivity index is 1.61. The third kappa shape index (κ3) is 4.49. The number of fused-ring (bicyclic) bond motifs is 2. The largest absolute Gasteiger partial charge is 0.497 e. The van der Waals surface area contributed by atoms with Crippen molar-refractivity contribution in [3.8, 4) is 23.0 Å². The average molecular weight is 547 g/mol. The predicted octanol–water partition coefficient (Wildman–Crippen LogP) is 6.19. The number of rotatable bonds is 10. The van der Waals surface area contributed by atoms with Crippen LogP contribution in [-0.2, 0) is 6.54 Å². The van der Waals surface area contributed by atoms with E-state index in [2.05, 4.69) is 36.4 Å². The number of aromatic nitrogens is 1. The van der Waals surface area contributed by atoms with Gasteiger partial charge in [0, 0.05) is 23.7 Å². The van der Waals surface area contributed by atoms with E-state index in [-0.39, 0.29) is 5.41 Å². The molecular formula is C33H42N2O5. The van der Waals surface area contributed by atoms with E-state index in [1.54, 1.807) is 34.6 Å². The first-order valence-electron chi connectivity index (χ1n) is 14.1. The molecular weight excluding hydrogens is 504 g/mol. The van der Waals surface area contributed by atoms with Gasteiger partial charge in [0.1, 0.15) is 5.75 Å². The van der Waals surface area contributed by atoms with Gasteiger partial charge in [0.25, 0.3) is 0 Å². The lowest BCUT2D eigenvalue weighted by Crippen LogP contribution is -2.51. The second kappa shape index (κ2) is 10.9. The van der Waals surface area contributed by atoms with Crippen molar-refractivity contribution in [3.05, 3.63) is 66.4 Å². The maximum Gasteiger partial charge on any atom is 0.203 e. The minimum atomic E-state index is -0.777. The molecule has 3 unspecified atom stereocenters. The number of hydrogen-bond acceptors (Lipinski definition) is 7. The monoisotopic (exact) mass is 546 g/mol. The molecule has 0 spiro atoms. The number of hydrogen-bond donors (Lipinski definition) is 1. The molecule has 1 saturated heterocycles. The zero-order chi connectivity index (χ0) is 28.7. The summed E-state index contributed by atoms with van der Waals surface area (Å²) < 4.78 is 22.4. The van der Waals surface area contributed by atoms with Gasteiger partial charge < -0.3 is 24.1 Å². The fourth-order valence-electron chi connectivity index (χ4n) is 7.51. The molecule has 1 aliphatic carbocycles. The van der Waals surface area contributed by atoms with Crippen LogP contribution in [0, 0.1) is 17.3 Å². The van der Waals surface area contributed by atoms with E-state index < -0.39 is 11.6 Å². The van der Waals surface area contributed by atoms with Gasteiger partial charge >= 0.3 is 0 Å². The van der Waals surface area contributed by atoms with Crippen molar-refractivity contribution in [3.63, 3.8) is 0 Å². The Labute approximate surface area is 237 Å². The van der Waals surface area contributed by atoms with Crippen molar-refractivity contribution in [2.75, 3.05) is 35.0 Å². The van der Waals surface area contributed by atoms with E-state index in [9.17, 15) is 5.11 Å². The molecule has 2 fully saturated rings. The first-order valence-corrected chi connectivity index (χ1v) is 14.1. The molecule has 2 aliphatic rings. The molecule has 40 heavy (non-hydrogen) atoms. The first-order chi connectivity index (χ1) is 19.3. The zero-order valence-electron chi connectivity index (χ0n) is 24.6. The lowest BCUT2D eigenvalue weighted by atomic mass is 9.77. The fraction of sp³-hybridized carbons (Fsp3) is 0.485. The van der Waals surface area contributed by atoms with Crippen molar-refractivity contribution in [2.45, 2.75) is 51.3 Å². The number of benzene rings is 2. The molecule has 1 aliphatic heterocycles. The molecule has 214 valence electrons. The highest BCUT2D eigenvalue weighted by molar-refractivity contribution is 5.84. The highest BCUT2D eigenvalue weighted by atomic mass is 16.5. The van der Waals surface area contributed by atoms with Crippen molar-refractivity contribution in [1.29, 1.82) is 0 Å². The molecule has 3 aromatic rings. The van der Waals surface area contributed by atoms with E-state index >= 15 is 0 Å². The Hall–Kier alpha value is -3.29. The van der Waals surface area contributed by atoms with E-state index in [1.807, 2.05) is 36.4 Å². The molecule has 5 rings (SSSR count). The Kier molecular flexibility index (Phi) is 7.73. The van der Waals surface area contributed by atoms with Gasteiger partial charge in [-0.3, -0.25) is 9.88 Å². The van der Waals surface area contributed by atoms with Crippen LogP contribution >= 0.6 is 0 Å². The van der Waals surface area contributed by atoms with E-state index in [0.29, 0.717) is 35.6 Å². The number of nitrogens with zero attached hydrogens (tertiary/aromatic N) is 2. The Morgan fingerprint density at radius 2 is 1.80 bits per heavy atom.